The van der Waals surface area contributed by atoms with E-state index in [9.17, 15) is 9.18 Å². The molecule has 0 fully saturated rings. The van der Waals surface area contributed by atoms with Crippen LogP contribution in [0.2, 0.25) is 0 Å². The Bertz CT molecular complexity index is 1240. The summed E-state index contributed by atoms with van der Waals surface area (Å²) in [6, 6.07) is 20.7. The molecular weight excluding hydrogens is 413 g/mol. The Morgan fingerprint density at radius 1 is 1.10 bits per heavy atom. The molecule has 1 heterocycles. The fraction of sp³-hybridized carbons (Fsp3) is 0.0417. The summed E-state index contributed by atoms with van der Waals surface area (Å²) in [6.07, 6.45) is 1.59. The molecular formula is C24H18FN3O2S. The van der Waals surface area contributed by atoms with Gasteiger partial charge in [0.05, 0.1) is 17.5 Å². The van der Waals surface area contributed by atoms with Crippen LogP contribution in [0.1, 0.15) is 21.5 Å². The van der Waals surface area contributed by atoms with Gasteiger partial charge < -0.3 is 4.74 Å². The van der Waals surface area contributed by atoms with Crippen molar-refractivity contribution in [1.29, 1.82) is 0 Å². The molecule has 1 N–H and O–H groups in total. The Labute approximate surface area is 182 Å². The highest BCUT2D eigenvalue weighted by Gasteiger charge is 2.13. The maximum atomic E-state index is 13.7. The first-order valence-electron chi connectivity index (χ1n) is 9.47. The van der Waals surface area contributed by atoms with E-state index in [1.165, 1.54) is 35.1 Å². The number of benzene rings is 3. The third-order valence-corrected chi connectivity index (χ3v) is 5.13. The van der Waals surface area contributed by atoms with Crippen LogP contribution in [0.15, 0.2) is 83.3 Å². The van der Waals surface area contributed by atoms with Crippen molar-refractivity contribution in [3.05, 3.63) is 101 Å². The number of esters is 1. The number of anilines is 1. The van der Waals surface area contributed by atoms with E-state index < -0.39 is 11.8 Å². The molecule has 31 heavy (non-hydrogen) atoms. The topological polar surface area (TPSA) is 63.6 Å². The van der Waals surface area contributed by atoms with E-state index in [1.807, 2.05) is 42.6 Å². The Morgan fingerprint density at radius 2 is 1.90 bits per heavy atom. The second kappa shape index (κ2) is 9.32. The number of nitrogens with one attached hydrogen (secondary N) is 1. The summed E-state index contributed by atoms with van der Waals surface area (Å²) in [4.78, 5) is 16.7. The van der Waals surface area contributed by atoms with Crippen molar-refractivity contribution in [3.8, 4) is 17.0 Å². The number of carbonyl (C=O) groups excluding carboxylic acids is 1. The largest absolute Gasteiger partial charge is 0.423 e. The van der Waals surface area contributed by atoms with Crippen LogP contribution < -0.4 is 10.2 Å². The van der Waals surface area contributed by atoms with Crippen LogP contribution in [0.5, 0.6) is 5.75 Å². The molecule has 0 aliphatic rings. The third kappa shape index (κ3) is 5.21. The summed E-state index contributed by atoms with van der Waals surface area (Å²) in [7, 11) is 0. The second-order valence-electron chi connectivity index (χ2n) is 6.72. The van der Waals surface area contributed by atoms with Gasteiger partial charge in [0.2, 0.25) is 5.13 Å². The molecule has 0 radical (unpaired) electrons. The van der Waals surface area contributed by atoms with E-state index in [0.717, 1.165) is 11.3 Å². The van der Waals surface area contributed by atoms with Crippen LogP contribution in [0.3, 0.4) is 0 Å². The van der Waals surface area contributed by atoms with Gasteiger partial charge in [0.1, 0.15) is 11.6 Å². The van der Waals surface area contributed by atoms with Gasteiger partial charge in [-0.25, -0.2) is 14.2 Å². The number of nitrogens with zero attached hydrogens (tertiary/aromatic N) is 2. The van der Waals surface area contributed by atoms with E-state index in [4.69, 9.17) is 4.74 Å². The lowest BCUT2D eigenvalue weighted by Gasteiger charge is -2.05. The Balaban J connectivity index is 1.39. The SMILES string of the molecule is Cc1ccc(-c2csc(N/N=C\c3cccc(OC(=O)c4ccccc4F)c3)n2)cc1. The van der Waals surface area contributed by atoms with Crippen molar-refractivity contribution >= 4 is 28.7 Å². The van der Waals surface area contributed by atoms with Gasteiger partial charge in [0.25, 0.3) is 0 Å². The maximum absolute atomic E-state index is 13.7. The average molecular weight is 431 g/mol. The van der Waals surface area contributed by atoms with Crippen molar-refractivity contribution in [1.82, 2.24) is 4.98 Å². The quantitative estimate of drug-likeness (QED) is 0.178. The predicted molar refractivity (Wildman–Crippen MR) is 121 cm³/mol. The van der Waals surface area contributed by atoms with E-state index in [0.29, 0.717) is 16.4 Å². The fourth-order valence-electron chi connectivity index (χ4n) is 2.79. The van der Waals surface area contributed by atoms with Crippen LogP contribution in [0.25, 0.3) is 11.3 Å². The minimum atomic E-state index is -0.753. The number of thiazole rings is 1. The molecule has 0 spiro atoms. The molecule has 0 atom stereocenters. The molecule has 0 aliphatic heterocycles. The zero-order chi connectivity index (χ0) is 21.6. The van der Waals surface area contributed by atoms with Crippen molar-refractivity contribution in [3.63, 3.8) is 0 Å². The molecule has 0 aliphatic carbocycles. The van der Waals surface area contributed by atoms with Gasteiger partial charge in [-0.3, -0.25) is 5.43 Å². The monoisotopic (exact) mass is 431 g/mol. The summed E-state index contributed by atoms with van der Waals surface area (Å²) in [5, 5.41) is 6.82. The van der Waals surface area contributed by atoms with Crippen LogP contribution in [-0.2, 0) is 0 Å². The smallest absolute Gasteiger partial charge is 0.346 e. The van der Waals surface area contributed by atoms with Crippen LogP contribution in [-0.4, -0.2) is 17.2 Å². The third-order valence-electron chi connectivity index (χ3n) is 4.39. The number of carbonyl (C=O) groups is 1. The Morgan fingerprint density at radius 3 is 2.71 bits per heavy atom. The molecule has 154 valence electrons. The summed E-state index contributed by atoms with van der Waals surface area (Å²) < 4.78 is 19.0. The van der Waals surface area contributed by atoms with Crippen molar-refractivity contribution in [2.75, 3.05) is 5.43 Å². The molecule has 0 saturated carbocycles. The summed E-state index contributed by atoms with van der Waals surface area (Å²) in [6.45, 7) is 2.04. The van der Waals surface area contributed by atoms with Gasteiger partial charge in [-0.2, -0.15) is 5.10 Å². The van der Waals surface area contributed by atoms with E-state index in [2.05, 4.69) is 15.5 Å². The van der Waals surface area contributed by atoms with Crippen molar-refractivity contribution in [2.45, 2.75) is 6.92 Å². The standard InChI is InChI=1S/C24H18FN3O2S/c1-16-9-11-18(12-10-16)22-15-31-24(27-22)28-26-14-17-5-4-6-19(13-17)30-23(29)20-7-2-3-8-21(20)25/h2-15H,1H3,(H,27,28)/b26-14-. The lowest BCUT2D eigenvalue weighted by molar-refractivity contribution is 0.0730. The molecule has 0 unspecified atom stereocenters. The lowest BCUT2D eigenvalue weighted by Crippen LogP contribution is -2.10. The molecule has 4 aromatic rings. The van der Waals surface area contributed by atoms with Gasteiger partial charge >= 0.3 is 5.97 Å². The van der Waals surface area contributed by atoms with Gasteiger partial charge in [-0.1, -0.05) is 54.1 Å². The normalized spacial score (nSPS) is 10.9. The highest BCUT2D eigenvalue weighted by molar-refractivity contribution is 7.14. The number of ether oxygens (including phenoxy) is 1. The summed E-state index contributed by atoms with van der Waals surface area (Å²) >= 11 is 1.45. The summed E-state index contributed by atoms with van der Waals surface area (Å²) in [5.74, 6) is -1.08. The molecule has 0 amide bonds. The molecule has 0 bridgehead atoms. The highest BCUT2D eigenvalue weighted by atomic mass is 32.1. The van der Waals surface area contributed by atoms with Crippen LogP contribution >= 0.6 is 11.3 Å². The van der Waals surface area contributed by atoms with E-state index >= 15 is 0 Å². The van der Waals surface area contributed by atoms with Crippen molar-refractivity contribution < 1.29 is 13.9 Å². The molecule has 4 rings (SSSR count). The highest BCUT2D eigenvalue weighted by Crippen LogP contribution is 2.25. The minimum absolute atomic E-state index is 0.114. The number of aromatic nitrogens is 1. The van der Waals surface area contributed by atoms with Crippen LogP contribution in [0.4, 0.5) is 9.52 Å². The first-order chi connectivity index (χ1) is 15.1. The Kier molecular flexibility index (Phi) is 6.14. The average Bonchev–Trinajstić information content (AvgIpc) is 3.24. The number of hydrazone groups is 1. The number of halogens is 1. The van der Waals surface area contributed by atoms with Crippen molar-refractivity contribution in [2.24, 2.45) is 5.10 Å². The Hall–Kier alpha value is -3.84. The molecule has 5 nitrogen and oxygen atoms in total. The lowest BCUT2D eigenvalue weighted by atomic mass is 10.1. The minimum Gasteiger partial charge on any atom is -0.423 e. The summed E-state index contributed by atoms with van der Waals surface area (Å²) in [5.41, 5.74) is 6.63. The number of hydrogen-bond donors (Lipinski definition) is 1. The molecule has 0 saturated heterocycles. The second-order valence-corrected chi connectivity index (χ2v) is 7.57. The maximum Gasteiger partial charge on any atom is 0.346 e. The zero-order valence-corrected chi connectivity index (χ0v) is 17.4. The van der Waals surface area contributed by atoms with Gasteiger partial charge in [-0.15, -0.1) is 11.3 Å². The van der Waals surface area contributed by atoms with Gasteiger partial charge in [0, 0.05) is 10.9 Å². The number of aryl methyl sites for hydroxylation is 1. The fourth-order valence-corrected chi connectivity index (χ4v) is 3.46. The molecule has 1 aromatic heterocycles. The number of hydrogen-bond acceptors (Lipinski definition) is 6. The van der Waals surface area contributed by atoms with Gasteiger partial charge in [-0.05, 0) is 36.8 Å². The first-order valence-corrected chi connectivity index (χ1v) is 10.3. The molecule has 3 aromatic carbocycles. The van der Waals surface area contributed by atoms with E-state index in [-0.39, 0.29) is 5.56 Å². The molecule has 7 heteroatoms. The zero-order valence-electron chi connectivity index (χ0n) is 16.6. The predicted octanol–water partition coefficient (Wildman–Crippen LogP) is 5.92. The van der Waals surface area contributed by atoms with Crippen LogP contribution in [0, 0.1) is 12.7 Å². The first kappa shape index (κ1) is 20.4. The van der Waals surface area contributed by atoms with Gasteiger partial charge in [0.15, 0.2) is 0 Å². The number of rotatable bonds is 6. The van der Waals surface area contributed by atoms with E-state index in [1.54, 1.807) is 30.5 Å².